The van der Waals surface area contributed by atoms with Crippen LogP contribution < -0.4 is 0 Å². The minimum atomic E-state index is 0.255. The SMILES string of the molecule is C[C@H](CO)C1CCCCO1. The zero-order valence-electron chi connectivity index (χ0n) is 6.55. The molecule has 60 valence electrons. The molecule has 1 aliphatic heterocycles. The van der Waals surface area contributed by atoms with Gasteiger partial charge in [-0.3, -0.25) is 0 Å². The van der Waals surface area contributed by atoms with Crippen molar-refractivity contribution >= 4 is 0 Å². The van der Waals surface area contributed by atoms with Crippen LogP contribution >= 0.6 is 0 Å². The van der Waals surface area contributed by atoms with Gasteiger partial charge in [0.05, 0.1) is 6.10 Å². The third-order valence-electron chi connectivity index (χ3n) is 2.14. The monoisotopic (exact) mass is 144 g/mol. The van der Waals surface area contributed by atoms with Gasteiger partial charge >= 0.3 is 0 Å². The Morgan fingerprint density at radius 2 is 2.40 bits per heavy atom. The minimum Gasteiger partial charge on any atom is -0.396 e. The van der Waals surface area contributed by atoms with E-state index in [1.807, 2.05) is 6.92 Å². The molecule has 1 fully saturated rings. The molecule has 2 atom stereocenters. The molecule has 0 radical (unpaired) electrons. The maximum Gasteiger partial charge on any atom is 0.0622 e. The Kier molecular flexibility index (Phi) is 3.16. The average molecular weight is 144 g/mol. The molecule has 0 spiro atoms. The van der Waals surface area contributed by atoms with Crippen molar-refractivity contribution in [2.24, 2.45) is 5.92 Å². The summed E-state index contributed by atoms with van der Waals surface area (Å²) in [6.07, 6.45) is 3.89. The van der Waals surface area contributed by atoms with Crippen LogP contribution in [0.3, 0.4) is 0 Å². The van der Waals surface area contributed by atoms with E-state index in [2.05, 4.69) is 0 Å². The molecule has 10 heavy (non-hydrogen) atoms. The van der Waals surface area contributed by atoms with Gasteiger partial charge in [0.25, 0.3) is 0 Å². The van der Waals surface area contributed by atoms with E-state index in [9.17, 15) is 0 Å². The van der Waals surface area contributed by atoms with Crippen LogP contribution in [0.4, 0.5) is 0 Å². The Bertz CT molecular complexity index is 87.3. The van der Waals surface area contributed by atoms with Crippen molar-refractivity contribution in [3.8, 4) is 0 Å². The molecule has 0 aromatic heterocycles. The Balaban J connectivity index is 2.24. The summed E-state index contributed by atoms with van der Waals surface area (Å²) in [6, 6.07) is 0. The highest BCUT2D eigenvalue weighted by Gasteiger charge is 2.19. The second-order valence-electron chi connectivity index (χ2n) is 3.06. The lowest BCUT2D eigenvalue weighted by Crippen LogP contribution is -2.28. The number of rotatable bonds is 2. The van der Waals surface area contributed by atoms with E-state index in [1.54, 1.807) is 0 Å². The summed E-state index contributed by atoms with van der Waals surface area (Å²) in [7, 11) is 0. The molecule has 1 rings (SSSR count). The van der Waals surface area contributed by atoms with Gasteiger partial charge in [-0.15, -0.1) is 0 Å². The smallest absolute Gasteiger partial charge is 0.0622 e. The summed E-state index contributed by atoms with van der Waals surface area (Å²) in [5.74, 6) is 0.320. The third kappa shape index (κ3) is 1.96. The molecule has 0 bridgehead atoms. The first-order valence-corrected chi connectivity index (χ1v) is 4.07. The molecular formula is C8H16O2. The Morgan fingerprint density at radius 3 is 2.90 bits per heavy atom. The molecule has 2 heteroatoms. The predicted octanol–water partition coefficient (Wildman–Crippen LogP) is 1.18. The lowest BCUT2D eigenvalue weighted by molar-refractivity contribution is -0.0298. The summed E-state index contributed by atoms with van der Waals surface area (Å²) in [5.41, 5.74) is 0. The molecule has 0 aromatic carbocycles. The third-order valence-corrected chi connectivity index (χ3v) is 2.14. The highest BCUT2D eigenvalue weighted by atomic mass is 16.5. The average Bonchev–Trinajstić information content (AvgIpc) is 2.05. The Morgan fingerprint density at radius 1 is 1.60 bits per heavy atom. The van der Waals surface area contributed by atoms with Crippen LogP contribution in [0.15, 0.2) is 0 Å². The van der Waals surface area contributed by atoms with E-state index in [1.165, 1.54) is 12.8 Å². The maximum absolute atomic E-state index is 8.81. The quantitative estimate of drug-likeness (QED) is 0.630. The topological polar surface area (TPSA) is 29.5 Å². The van der Waals surface area contributed by atoms with Crippen LogP contribution in [0.2, 0.25) is 0 Å². The van der Waals surface area contributed by atoms with Gasteiger partial charge in [-0.25, -0.2) is 0 Å². The van der Waals surface area contributed by atoms with Crippen molar-refractivity contribution in [1.29, 1.82) is 0 Å². The second-order valence-corrected chi connectivity index (χ2v) is 3.06. The summed E-state index contributed by atoms with van der Waals surface area (Å²) < 4.78 is 5.47. The molecule has 1 unspecified atom stereocenters. The highest BCUT2D eigenvalue weighted by molar-refractivity contribution is 4.68. The number of aliphatic hydroxyl groups excluding tert-OH is 1. The van der Waals surface area contributed by atoms with Gasteiger partial charge in [0.15, 0.2) is 0 Å². The van der Waals surface area contributed by atoms with Crippen LogP contribution in [-0.4, -0.2) is 24.4 Å². The van der Waals surface area contributed by atoms with Crippen molar-refractivity contribution in [2.45, 2.75) is 32.3 Å². The molecule has 0 amide bonds. The second kappa shape index (κ2) is 3.94. The van der Waals surface area contributed by atoms with Crippen molar-refractivity contribution in [2.75, 3.05) is 13.2 Å². The van der Waals surface area contributed by atoms with E-state index >= 15 is 0 Å². The van der Waals surface area contributed by atoms with E-state index in [4.69, 9.17) is 9.84 Å². The van der Waals surface area contributed by atoms with Crippen LogP contribution in [0, 0.1) is 5.92 Å². The molecular weight excluding hydrogens is 128 g/mol. The van der Waals surface area contributed by atoms with Crippen molar-refractivity contribution in [3.05, 3.63) is 0 Å². The van der Waals surface area contributed by atoms with E-state index < -0.39 is 0 Å². The fraction of sp³-hybridized carbons (Fsp3) is 1.00. The predicted molar refractivity (Wildman–Crippen MR) is 39.8 cm³/mol. The van der Waals surface area contributed by atoms with Crippen molar-refractivity contribution in [1.82, 2.24) is 0 Å². The van der Waals surface area contributed by atoms with Crippen LogP contribution in [-0.2, 0) is 4.74 Å². The zero-order valence-corrected chi connectivity index (χ0v) is 6.55. The lowest BCUT2D eigenvalue weighted by Gasteiger charge is -2.26. The molecule has 0 aliphatic carbocycles. The van der Waals surface area contributed by atoms with E-state index in [-0.39, 0.29) is 6.61 Å². The number of ether oxygens (including phenoxy) is 1. The van der Waals surface area contributed by atoms with E-state index in [0.717, 1.165) is 13.0 Å². The van der Waals surface area contributed by atoms with E-state index in [0.29, 0.717) is 12.0 Å². The van der Waals surface area contributed by atoms with Gasteiger partial charge in [-0.2, -0.15) is 0 Å². The number of aliphatic hydroxyl groups is 1. The van der Waals surface area contributed by atoms with Gasteiger partial charge in [-0.1, -0.05) is 6.92 Å². The molecule has 2 nitrogen and oxygen atoms in total. The zero-order chi connectivity index (χ0) is 7.40. The molecule has 0 saturated carbocycles. The summed E-state index contributed by atoms with van der Waals surface area (Å²) >= 11 is 0. The van der Waals surface area contributed by atoms with Crippen LogP contribution in [0.5, 0.6) is 0 Å². The molecule has 0 aromatic rings. The largest absolute Gasteiger partial charge is 0.396 e. The van der Waals surface area contributed by atoms with Gasteiger partial charge in [0.2, 0.25) is 0 Å². The molecule has 1 N–H and O–H groups in total. The summed E-state index contributed by atoms with van der Waals surface area (Å²) in [4.78, 5) is 0. The molecule has 1 aliphatic rings. The summed E-state index contributed by atoms with van der Waals surface area (Å²) in [6.45, 7) is 3.18. The van der Waals surface area contributed by atoms with Crippen LogP contribution in [0.25, 0.3) is 0 Å². The van der Waals surface area contributed by atoms with Crippen molar-refractivity contribution < 1.29 is 9.84 Å². The maximum atomic E-state index is 8.81. The fourth-order valence-electron chi connectivity index (χ4n) is 1.33. The minimum absolute atomic E-state index is 0.255. The first kappa shape index (κ1) is 8.02. The number of hydrogen-bond acceptors (Lipinski definition) is 2. The molecule has 1 heterocycles. The Labute approximate surface area is 62.2 Å². The van der Waals surface area contributed by atoms with Gasteiger partial charge in [-0.05, 0) is 19.3 Å². The first-order valence-electron chi connectivity index (χ1n) is 4.07. The van der Waals surface area contributed by atoms with Gasteiger partial charge in [0.1, 0.15) is 0 Å². The van der Waals surface area contributed by atoms with Gasteiger partial charge in [0, 0.05) is 19.1 Å². The van der Waals surface area contributed by atoms with Crippen LogP contribution in [0.1, 0.15) is 26.2 Å². The fourth-order valence-corrected chi connectivity index (χ4v) is 1.33. The Hall–Kier alpha value is -0.0800. The number of hydrogen-bond donors (Lipinski definition) is 1. The lowest BCUT2D eigenvalue weighted by atomic mass is 9.98. The van der Waals surface area contributed by atoms with Crippen molar-refractivity contribution in [3.63, 3.8) is 0 Å². The first-order chi connectivity index (χ1) is 4.84. The normalized spacial score (nSPS) is 30.0. The highest BCUT2D eigenvalue weighted by Crippen LogP contribution is 2.19. The standard InChI is InChI=1S/C8H16O2/c1-7(6-9)8-4-2-3-5-10-8/h7-9H,2-6H2,1H3/t7-,8?/m1/s1. The summed E-state index contributed by atoms with van der Waals surface area (Å²) in [5, 5.41) is 8.81. The molecule has 1 saturated heterocycles. The van der Waals surface area contributed by atoms with Gasteiger partial charge < -0.3 is 9.84 Å².